The molecule has 2 aliphatic heterocycles. The van der Waals surface area contributed by atoms with E-state index in [9.17, 15) is 14.4 Å². The molecule has 1 aromatic carbocycles. The van der Waals surface area contributed by atoms with Crippen LogP contribution in [0.15, 0.2) is 34.2 Å². The van der Waals surface area contributed by atoms with Crippen LogP contribution in [-0.4, -0.2) is 83.5 Å². The van der Waals surface area contributed by atoms with Crippen molar-refractivity contribution >= 4 is 35.0 Å². The van der Waals surface area contributed by atoms with Gasteiger partial charge in [0.15, 0.2) is 11.5 Å². The Morgan fingerprint density at radius 1 is 1.05 bits per heavy atom. The summed E-state index contributed by atoms with van der Waals surface area (Å²) in [6, 6.07) is 4.88. The third kappa shape index (κ3) is 7.17. The number of ether oxygens (including phenoxy) is 3. The fourth-order valence-electron chi connectivity index (χ4n) is 6.44. The van der Waals surface area contributed by atoms with Crippen LogP contribution >= 0.6 is 11.3 Å². The highest BCUT2D eigenvalue weighted by Crippen LogP contribution is 2.40. The van der Waals surface area contributed by atoms with Crippen molar-refractivity contribution in [1.29, 1.82) is 0 Å². The number of carbonyl (C=O) groups is 3. The third-order valence-electron chi connectivity index (χ3n) is 8.56. The van der Waals surface area contributed by atoms with Gasteiger partial charge in [0.05, 0.1) is 37.2 Å². The van der Waals surface area contributed by atoms with E-state index in [1.807, 2.05) is 23.6 Å². The molecule has 0 spiro atoms. The molecular weight excluding hydrogens is 582 g/mol. The minimum Gasteiger partial charge on any atom is -0.493 e. The van der Waals surface area contributed by atoms with Gasteiger partial charge in [-0.3, -0.25) is 9.59 Å². The topological polar surface area (TPSA) is 123 Å². The van der Waals surface area contributed by atoms with E-state index in [4.69, 9.17) is 19.3 Å². The number of hydrogen-bond acceptors (Lipinski definition) is 9. The lowest BCUT2D eigenvalue weighted by atomic mass is 9.73. The van der Waals surface area contributed by atoms with E-state index < -0.39 is 17.7 Å². The highest BCUT2D eigenvalue weighted by molar-refractivity contribution is 7.07. The van der Waals surface area contributed by atoms with Crippen LogP contribution in [0.3, 0.4) is 0 Å². The fourth-order valence-corrected chi connectivity index (χ4v) is 7.01. The predicted molar refractivity (Wildman–Crippen MR) is 167 cm³/mol. The van der Waals surface area contributed by atoms with Crippen LogP contribution in [0.2, 0.25) is 0 Å². The number of likely N-dealkylation sites (tertiary alicyclic amines) is 1. The minimum absolute atomic E-state index is 0.0673. The SMILES string of the molecule is COc1ccc(C2=NN(C3CCN(C(=O)[C@@H](Cc4cscn4)NC(=O)OC(C)(C)C)CC3)C(=O)[C@@H]3CCCC[C@H]23)cc1OC. The standard InChI is InChI=1S/C32H43N5O6S/c1-32(2,3)43-31(40)34-25(17-21-18-44-19-33-21)30(39)36-14-12-22(13-15-36)37-29(38)24-9-7-6-8-23(24)28(35-37)20-10-11-26(41-4)27(16-20)42-5/h10-11,16,18-19,22-25H,6-9,12-15,17H2,1-5H3,(H,34,40)/t23-,24+,25+/m0/s1. The number of piperidine rings is 1. The Kier molecular flexibility index (Phi) is 9.77. The number of fused-ring (bicyclic) bond motifs is 1. The zero-order valence-corrected chi connectivity index (χ0v) is 27.0. The van der Waals surface area contributed by atoms with Crippen LogP contribution in [0, 0.1) is 11.8 Å². The van der Waals surface area contributed by atoms with Crippen molar-refractivity contribution in [2.24, 2.45) is 16.9 Å². The molecule has 1 N–H and O–H groups in total. The fraction of sp³-hybridized carbons (Fsp3) is 0.594. The first-order chi connectivity index (χ1) is 21.1. The Bertz CT molecular complexity index is 1370. The number of thiazole rings is 1. The first-order valence-corrected chi connectivity index (χ1v) is 16.3. The number of amides is 3. The molecule has 1 saturated carbocycles. The molecule has 2 fully saturated rings. The maximum atomic E-state index is 13.8. The van der Waals surface area contributed by atoms with Crippen molar-refractivity contribution in [3.8, 4) is 11.5 Å². The normalized spacial score (nSPS) is 21.7. The highest BCUT2D eigenvalue weighted by Gasteiger charge is 2.44. The Hall–Kier alpha value is -3.67. The largest absolute Gasteiger partial charge is 0.493 e. The van der Waals surface area contributed by atoms with Crippen molar-refractivity contribution in [2.45, 2.75) is 83.4 Å². The number of nitrogens with one attached hydrogen (secondary N) is 1. The molecule has 5 rings (SSSR count). The number of hydrazone groups is 1. The predicted octanol–water partition coefficient (Wildman–Crippen LogP) is 4.64. The summed E-state index contributed by atoms with van der Waals surface area (Å²) in [4.78, 5) is 46.2. The van der Waals surface area contributed by atoms with Crippen molar-refractivity contribution in [2.75, 3.05) is 27.3 Å². The summed E-state index contributed by atoms with van der Waals surface area (Å²) in [5, 5.41) is 11.4. The number of aromatic nitrogens is 1. The van der Waals surface area contributed by atoms with Gasteiger partial charge >= 0.3 is 6.09 Å². The number of rotatable bonds is 8. The van der Waals surface area contributed by atoms with E-state index >= 15 is 0 Å². The lowest BCUT2D eigenvalue weighted by Crippen LogP contribution is -2.56. The molecule has 0 bridgehead atoms. The average Bonchev–Trinajstić information content (AvgIpc) is 3.53. The van der Waals surface area contributed by atoms with Gasteiger partial charge in [0.2, 0.25) is 11.8 Å². The summed E-state index contributed by atoms with van der Waals surface area (Å²) >= 11 is 1.44. The van der Waals surface area contributed by atoms with Gasteiger partial charge < -0.3 is 24.4 Å². The van der Waals surface area contributed by atoms with Gasteiger partial charge in [-0.1, -0.05) is 12.8 Å². The molecule has 238 valence electrons. The van der Waals surface area contributed by atoms with Gasteiger partial charge in [-0.15, -0.1) is 11.3 Å². The van der Waals surface area contributed by atoms with Crippen molar-refractivity contribution in [3.63, 3.8) is 0 Å². The minimum atomic E-state index is -0.808. The number of carbonyl (C=O) groups excluding carboxylic acids is 3. The van der Waals surface area contributed by atoms with Crippen LogP contribution in [-0.2, 0) is 20.7 Å². The van der Waals surface area contributed by atoms with E-state index in [-0.39, 0.29) is 36.1 Å². The second-order valence-electron chi connectivity index (χ2n) is 12.7. The molecule has 3 heterocycles. The number of nitrogens with zero attached hydrogens (tertiary/aromatic N) is 4. The molecule has 0 unspecified atom stereocenters. The molecule has 3 atom stereocenters. The smallest absolute Gasteiger partial charge is 0.408 e. The lowest BCUT2D eigenvalue weighted by Gasteiger charge is -2.43. The van der Waals surface area contributed by atoms with Crippen LogP contribution in [0.25, 0.3) is 0 Å². The number of methoxy groups -OCH3 is 2. The molecule has 1 aliphatic carbocycles. The molecule has 3 aliphatic rings. The highest BCUT2D eigenvalue weighted by atomic mass is 32.1. The summed E-state index contributed by atoms with van der Waals surface area (Å²) in [7, 11) is 3.22. The zero-order chi connectivity index (χ0) is 31.4. The molecule has 12 heteroatoms. The van der Waals surface area contributed by atoms with Crippen molar-refractivity contribution in [3.05, 3.63) is 40.3 Å². The molecule has 1 aromatic heterocycles. The summed E-state index contributed by atoms with van der Waals surface area (Å²) in [6.45, 7) is 6.25. The Labute approximate surface area is 262 Å². The van der Waals surface area contributed by atoms with E-state index in [0.717, 1.165) is 42.7 Å². The maximum Gasteiger partial charge on any atom is 0.408 e. The van der Waals surface area contributed by atoms with Crippen LogP contribution in [0.4, 0.5) is 4.79 Å². The van der Waals surface area contributed by atoms with E-state index in [2.05, 4.69) is 10.3 Å². The summed E-state index contributed by atoms with van der Waals surface area (Å²) in [5.74, 6) is 1.13. The third-order valence-corrected chi connectivity index (χ3v) is 9.20. The number of alkyl carbamates (subject to hydrolysis) is 1. The maximum absolute atomic E-state index is 13.8. The molecule has 44 heavy (non-hydrogen) atoms. The Morgan fingerprint density at radius 2 is 1.75 bits per heavy atom. The molecule has 0 radical (unpaired) electrons. The van der Waals surface area contributed by atoms with Crippen LogP contribution < -0.4 is 14.8 Å². The van der Waals surface area contributed by atoms with E-state index in [1.165, 1.54) is 11.3 Å². The molecular formula is C32H43N5O6S. The van der Waals surface area contributed by atoms with Gasteiger partial charge in [-0.05, 0) is 64.7 Å². The first kappa shape index (κ1) is 31.7. The monoisotopic (exact) mass is 625 g/mol. The van der Waals surface area contributed by atoms with Gasteiger partial charge in [0.1, 0.15) is 11.6 Å². The van der Waals surface area contributed by atoms with E-state index in [0.29, 0.717) is 37.4 Å². The molecule has 2 aromatic rings. The number of hydrogen-bond donors (Lipinski definition) is 1. The van der Waals surface area contributed by atoms with Gasteiger partial charge in [0, 0.05) is 42.3 Å². The quantitative estimate of drug-likeness (QED) is 0.454. The summed E-state index contributed by atoms with van der Waals surface area (Å²) < 4.78 is 16.4. The molecule has 11 nitrogen and oxygen atoms in total. The molecule has 3 amide bonds. The van der Waals surface area contributed by atoms with E-state index in [1.54, 1.807) is 50.4 Å². The zero-order valence-electron chi connectivity index (χ0n) is 26.2. The van der Waals surface area contributed by atoms with Gasteiger partial charge in [-0.2, -0.15) is 5.10 Å². The van der Waals surface area contributed by atoms with Crippen molar-refractivity contribution < 1.29 is 28.6 Å². The van der Waals surface area contributed by atoms with Crippen LogP contribution in [0.1, 0.15) is 70.6 Å². The van der Waals surface area contributed by atoms with Crippen molar-refractivity contribution in [1.82, 2.24) is 20.2 Å². The first-order valence-electron chi connectivity index (χ1n) is 15.4. The second kappa shape index (κ2) is 13.5. The summed E-state index contributed by atoms with van der Waals surface area (Å²) in [6.07, 6.45) is 4.68. The lowest BCUT2D eigenvalue weighted by molar-refractivity contribution is -0.143. The Morgan fingerprint density at radius 3 is 2.39 bits per heavy atom. The molecule has 1 saturated heterocycles. The average molecular weight is 626 g/mol. The van der Waals surface area contributed by atoms with Crippen LogP contribution in [0.5, 0.6) is 11.5 Å². The van der Waals surface area contributed by atoms with Gasteiger partial charge in [0.25, 0.3) is 0 Å². The second-order valence-corrected chi connectivity index (χ2v) is 13.4. The Balaban J connectivity index is 1.32. The van der Waals surface area contributed by atoms with Gasteiger partial charge in [-0.25, -0.2) is 14.8 Å². The summed E-state index contributed by atoms with van der Waals surface area (Å²) in [5.41, 5.74) is 3.60. The number of benzene rings is 1.